The first-order chi connectivity index (χ1) is 8.16. The lowest BCUT2D eigenvalue weighted by molar-refractivity contribution is 0.267. The quantitative estimate of drug-likeness (QED) is 0.872. The van der Waals surface area contributed by atoms with Crippen molar-refractivity contribution < 1.29 is 0 Å². The minimum absolute atomic E-state index is 0.291. The maximum atomic E-state index is 4.14. The minimum atomic E-state index is 0.291. The van der Waals surface area contributed by atoms with Crippen LogP contribution in [0.5, 0.6) is 0 Å². The Labute approximate surface area is 104 Å². The van der Waals surface area contributed by atoms with Crippen molar-refractivity contribution in [3.8, 4) is 0 Å². The van der Waals surface area contributed by atoms with Crippen LogP contribution in [0.15, 0.2) is 6.33 Å². The Hall–Kier alpha value is -0.900. The number of rotatable bonds is 4. The van der Waals surface area contributed by atoms with Crippen LogP contribution in [-0.2, 0) is 7.05 Å². The van der Waals surface area contributed by atoms with Crippen molar-refractivity contribution in [3.63, 3.8) is 0 Å². The summed E-state index contributed by atoms with van der Waals surface area (Å²) < 4.78 is 1.99. The highest BCUT2D eigenvalue weighted by Gasteiger charge is 2.20. The Morgan fingerprint density at radius 3 is 3.00 bits per heavy atom. The largest absolute Gasteiger partial charge is 0.319 e. The molecule has 0 saturated heterocycles. The summed E-state index contributed by atoms with van der Waals surface area (Å²) in [4.78, 5) is 0. The van der Waals surface area contributed by atoms with Crippen molar-refractivity contribution in [1.29, 1.82) is 0 Å². The van der Waals surface area contributed by atoms with E-state index in [2.05, 4.69) is 29.4 Å². The lowest BCUT2D eigenvalue weighted by Crippen LogP contribution is -2.29. The van der Waals surface area contributed by atoms with E-state index in [1.54, 1.807) is 6.33 Å². The molecule has 1 aromatic heterocycles. The van der Waals surface area contributed by atoms with Crippen molar-refractivity contribution in [2.24, 2.45) is 18.9 Å². The lowest BCUT2D eigenvalue weighted by atomic mass is 9.82. The first-order valence-corrected chi connectivity index (χ1v) is 6.74. The van der Waals surface area contributed by atoms with E-state index in [1.807, 2.05) is 11.6 Å². The summed E-state index contributed by atoms with van der Waals surface area (Å²) in [6, 6.07) is 0.291. The van der Waals surface area contributed by atoms with E-state index >= 15 is 0 Å². The Morgan fingerprint density at radius 1 is 1.53 bits per heavy atom. The van der Waals surface area contributed by atoms with Crippen LogP contribution in [0.1, 0.15) is 51.4 Å². The van der Waals surface area contributed by atoms with Crippen LogP contribution in [0.25, 0.3) is 0 Å². The predicted molar refractivity (Wildman–Crippen MR) is 68.5 cm³/mol. The van der Waals surface area contributed by atoms with Gasteiger partial charge in [-0.2, -0.15) is 0 Å². The molecule has 0 spiro atoms. The average Bonchev–Trinajstić information content (AvgIpc) is 2.72. The van der Waals surface area contributed by atoms with E-state index in [0.717, 1.165) is 24.2 Å². The van der Waals surface area contributed by atoms with Gasteiger partial charge in [-0.1, -0.05) is 19.8 Å². The molecule has 1 aliphatic rings. The van der Waals surface area contributed by atoms with Gasteiger partial charge in [-0.15, -0.1) is 10.2 Å². The molecule has 4 heteroatoms. The third-order valence-electron chi connectivity index (χ3n) is 3.89. The van der Waals surface area contributed by atoms with Gasteiger partial charge in [0.25, 0.3) is 0 Å². The summed E-state index contributed by atoms with van der Waals surface area (Å²) in [5, 5.41) is 11.7. The fourth-order valence-electron chi connectivity index (χ4n) is 2.86. The first kappa shape index (κ1) is 12.6. The van der Waals surface area contributed by atoms with Gasteiger partial charge in [0, 0.05) is 7.05 Å². The van der Waals surface area contributed by atoms with Gasteiger partial charge in [0.15, 0.2) is 0 Å². The fraction of sp³-hybridized carbons (Fsp3) is 0.846. The molecule has 1 fully saturated rings. The van der Waals surface area contributed by atoms with Crippen LogP contribution < -0.4 is 5.32 Å². The molecule has 1 saturated carbocycles. The van der Waals surface area contributed by atoms with Gasteiger partial charge in [0.05, 0.1) is 6.04 Å². The molecule has 0 radical (unpaired) electrons. The monoisotopic (exact) mass is 236 g/mol. The zero-order valence-corrected chi connectivity index (χ0v) is 11.2. The van der Waals surface area contributed by atoms with Crippen molar-refractivity contribution in [1.82, 2.24) is 20.1 Å². The van der Waals surface area contributed by atoms with E-state index < -0.39 is 0 Å². The van der Waals surface area contributed by atoms with Crippen LogP contribution >= 0.6 is 0 Å². The van der Waals surface area contributed by atoms with Crippen LogP contribution in [0.3, 0.4) is 0 Å². The zero-order chi connectivity index (χ0) is 12.3. The SMILES string of the molecule is CC1CCCC(CNC(C)c2nncn2C)C1. The van der Waals surface area contributed by atoms with Crippen molar-refractivity contribution in [2.75, 3.05) is 6.54 Å². The van der Waals surface area contributed by atoms with Crippen LogP contribution in [0.4, 0.5) is 0 Å². The van der Waals surface area contributed by atoms with Gasteiger partial charge in [0.1, 0.15) is 12.2 Å². The second-order valence-electron chi connectivity index (χ2n) is 5.57. The second-order valence-corrected chi connectivity index (χ2v) is 5.57. The molecule has 2 rings (SSSR count). The highest BCUT2D eigenvalue weighted by atomic mass is 15.3. The number of hydrogen-bond acceptors (Lipinski definition) is 3. The second kappa shape index (κ2) is 5.63. The molecule has 1 heterocycles. The summed E-state index contributed by atoms with van der Waals surface area (Å²) in [5.74, 6) is 2.77. The number of aryl methyl sites for hydroxylation is 1. The van der Waals surface area contributed by atoms with Gasteiger partial charge in [-0.25, -0.2) is 0 Å². The van der Waals surface area contributed by atoms with Crippen molar-refractivity contribution >= 4 is 0 Å². The zero-order valence-electron chi connectivity index (χ0n) is 11.2. The van der Waals surface area contributed by atoms with Gasteiger partial charge < -0.3 is 9.88 Å². The molecule has 0 bridgehead atoms. The Bertz CT molecular complexity index is 347. The van der Waals surface area contributed by atoms with Gasteiger partial charge >= 0.3 is 0 Å². The topological polar surface area (TPSA) is 42.7 Å². The highest BCUT2D eigenvalue weighted by Crippen LogP contribution is 2.28. The number of hydrogen-bond donors (Lipinski definition) is 1. The van der Waals surface area contributed by atoms with E-state index in [0.29, 0.717) is 6.04 Å². The van der Waals surface area contributed by atoms with E-state index in [9.17, 15) is 0 Å². The van der Waals surface area contributed by atoms with E-state index in [-0.39, 0.29) is 0 Å². The molecule has 0 aliphatic heterocycles. The number of nitrogens with zero attached hydrogens (tertiary/aromatic N) is 3. The molecule has 3 atom stereocenters. The maximum absolute atomic E-state index is 4.14. The summed E-state index contributed by atoms with van der Waals surface area (Å²) >= 11 is 0. The van der Waals surface area contributed by atoms with Crippen molar-refractivity contribution in [2.45, 2.75) is 45.6 Å². The van der Waals surface area contributed by atoms with Gasteiger partial charge in [-0.05, 0) is 38.1 Å². The van der Waals surface area contributed by atoms with Crippen LogP contribution in [-0.4, -0.2) is 21.3 Å². The predicted octanol–water partition coefficient (Wildman–Crippen LogP) is 2.29. The maximum Gasteiger partial charge on any atom is 0.149 e. The summed E-state index contributed by atoms with van der Waals surface area (Å²) in [6.45, 7) is 5.65. The Kier molecular flexibility index (Phi) is 4.15. The third kappa shape index (κ3) is 3.28. The summed E-state index contributed by atoms with van der Waals surface area (Å²) in [5.41, 5.74) is 0. The smallest absolute Gasteiger partial charge is 0.149 e. The molecular weight excluding hydrogens is 212 g/mol. The van der Waals surface area contributed by atoms with Crippen LogP contribution in [0, 0.1) is 11.8 Å². The molecule has 1 aromatic rings. The molecule has 96 valence electrons. The highest BCUT2D eigenvalue weighted by molar-refractivity contribution is 4.92. The summed E-state index contributed by atoms with van der Waals surface area (Å²) in [7, 11) is 2.00. The molecule has 0 amide bonds. The first-order valence-electron chi connectivity index (χ1n) is 6.74. The summed E-state index contributed by atoms with van der Waals surface area (Å²) in [6.07, 6.45) is 7.32. The molecule has 17 heavy (non-hydrogen) atoms. The Balaban J connectivity index is 1.80. The van der Waals surface area contributed by atoms with Gasteiger partial charge in [0.2, 0.25) is 0 Å². The standard InChI is InChI=1S/C13H24N4/c1-10-5-4-6-12(7-10)8-14-11(2)13-16-15-9-17(13)3/h9-12,14H,4-8H2,1-3H3. The van der Waals surface area contributed by atoms with Crippen molar-refractivity contribution in [3.05, 3.63) is 12.2 Å². The average molecular weight is 236 g/mol. The fourth-order valence-corrected chi connectivity index (χ4v) is 2.86. The molecule has 1 N–H and O–H groups in total. The van der Waals surface area contributed by atoms with Gasteiger partial charge in [-0.3, -0.25) is 0 Å². The normalized spacial score (nSPS) is 27.0. The minimum Gasteiger partial charge on any atom is -0.319 e. The number of aromatic nitrogens is 3. The molecule has 3 unspecified atom stereocenters. The number of nitrogens with one attached hydrogen (secondary N) is 1. The molecular formula is C13H24N4. The van der Waals surface area contributed by atoms with E-state index in [4.69, 9.17) is 0 Å². The molecule has 0 aromatic carbocycles. The Morgan fingerprint density at radius 2 is 2.35 bits per heavy atom. The molecule has 4 nitrogen and oxygen atoms in total. The lowest BCUT2D eigenvalue weighted by Gasteiger charge is -2.27. The third-order valence-corrected chi connectivity index (χ3v) is 3.89. The van der Waals surface area contributed by atoms with E-state index in [1.165, 1.54) is 25.7 Å². The van der Waals surface area contributed by atoms with Crippen LogP contribution in [0.2, 0.25) is 0 Å². The molecule has 1 aliphatic carbocycles.